The summed E-state index contributed by atoms with van der Waals surface area (Å²) in [6.07, 6.45) is 4.70. The molecule has 1 aliphatic carbocycles. The largest absolute Gasteiger partial charge is 0.458 e. The zero-order chi connectivity index (χ0) is 8.27. The van der Waals surface area contributed by atoms with Gasteiger partial charge in [-0.25, -0.2) is 0 Å². The van der Waals surface area contributed by atoms with Crippen LogP contribution in [0.3, 0.4) is 0 Å². The van der Waals surface area contributed by atoms with Crippen LogP contribution in [0.2, 0.25) is 0 Å². The second kappa shape index (κ2) is 3.56. The minimum atomic E-state index is -0.0929. The molecule has 62 valence electrons. The lowest BCUT2D eigenvalue weighted by Gasteiger charge is -2.12. The van der Waals surface area contributed by atoms with Crippen molar-refractivity contribution < 1.29 is 9.53 Å². The molecule has 1 rings (SSSR count). The lowest BCUT2D eigenvalue weighted by Crippen LogP contribution is -2.15. The third-order valence-electron chi connectivity index (χ3n) is 1.97. The quantitative estimate of drug-likeness (QED) is 0.449. The molecule has 0 unspecified atom stereocenters. The molecule has 0 N–H and O–H groups in total. The molecule has 0 radical (unpaired) electrons. The number of carbonyl (C=O) groups is 1. The third-order valence-corrected chi connectivity index (χ3v) is 1.97. The van der Waals surface area contributed by atoms with E-state index in [0.717, 1.165) is 12.8 Å². The zero-order valence-electron chi connectivity index (χ0n) is 7.09. The standard InChI is InChI=1S/C9H14O2/c1-3-9(10)11-8-6-4-5-7(8)2/h5,8H,3-4,6H2,1-2H3/t8-/m0/s1. The molecule has 0 bridgehead atoms. The number of rotatable bonds is 2. The molecular formula is C9H14O2. The van der Waals surface area contributed by atoms with E-state index >= 15 is 0 Å². The van der Waals surface area contributed by atoms with E-state index < -0.39 is 0 Å². The molecule has 0 aromatic carbocycles. The highest BCUT2D eigenvalue weighted by Gasteiger charge is 2.18. The first-order chi connectivity index (χ1) is 5.24. The fourth-order valence-corrected chi connectivity index (χ4v) is 1.22. The van der Waals surface area contributed by atoms with Gasteiger partial charge in [-0.15, -0.1) is 0 Å². The Labute approximate surface area is 67.2 Å². The van der Waals surface area contributed by atoms with E-state index in [1.54, 1.807) is 0 Å². The van der Waals surface area contributed by atoms with Gasteiger partial charge in [0.2, 0.25) is 0 Å². The van der Waals surface area contributed by atoms with Gasteiger partial charge in [0.05, 0.1) is 0 Å². The van der Waals surface area contributed by atoms with Crippen LogP contribution in [-0.4, -0.2) is 12.1 Å². The van der Waals surface area contributed by atoms with E-state index in [-0.39, 0.29) is 12.1 Å². The predicted molar refractivity (Wildman–Crippen MR) is 43.2 cm³/mol. The van der Waals surface area contributed by atoms with Crippen molar-refractivity contribution in [2.45, 2.75) is 39.2 Å². The summed E-state index contributed by atoms with van der Waals surface area (Å²) in [7, 11) is 0. The number of ether oxygens (including phenoxy) is 1. The first kappa shape index (κ1) is 8.31. The van der Waals surface area contributed by atoms with E-state index in [0.29, 0.717) is 6.42 Å². The van der Waals surface area contributed by atoms with Crippen molar-refractivity contribution >= 4 is 5.97 Å². The lowest BCUT2D eigenvalue weighted by molar-refractivity contribution is -0.146. The van der Waals surface area contributed by atoms with Gasteiger partial charge in [0.25, 0.3) is 0 Å². The molecule has 0 aliphatic heterocycles. The van der Waals surface area contributed by atoms with Crippen molar-refractivity contribution in [1.29, 1.82) is 0 Å². The van der Waals surface area contributed by atoms with Gasteiger partial charge in [-0.2, -0.15) is 0 Å². The minimum absolute atomic E-state index is 0.0717. The van der Waals surface area contributed by atoms with Crippen molar-refractivity contribution in [3.05, 3.63) is 11.6 Å². The smallest absolute Gasteiger partial charge is 0.306 e. The SMILES string of the molecule is CCC(=O)O[C@H]1CCC=C1C. The minimum Gasteiger partial charge on any atom is -0.458 e. The number of carbonyl (C=O) groups excluding carboxylic acids is 1. The summed E-state index contributed by atoms with van der Waals surface area (Å²) in [5, 5.41) is 0. The lowest BCUT2D eigenvalue weighted by atomic mass is 10.2. The Balaban J connectivity index is 2.38. The van der Waals surface area contributed by atoms with Gasteiger partial charge < -0.3 is 4.74 Å². The summed E-state index contributed by atoms with van der Waals surface area (Å²) in [6, 6.07) is 0. The van der Waals surface area contributed by atoms with Crippen LogP contribution in [0.15, 0.2) is 11.6 Å². The highest BCUT2D eigenvalue weighted by Crippen LogP contribution is 2.21. The van der Waals surface area contributed by atoms with Crippen LogP contribution in [-0.2, 0) is 9.53 Å². The predicted octanol–water partition coefficient (Wildman–Crippen LogP) is 2.05. The van der Waals surface area contributed by atoms with Crippen LogP contribution >= 0.6 is 0 Å². The number of esters is 1. The van der Waals surface area contributed by atoms with E-state index in [1.165, 1.54) is 5.57 Å². The van der Waals surface area contributed by atoms with Gasteiger partial charge in [-0.3, -0.25) is 4.79 Å². The van der Waals surface area contributed by atoms with Crippen molar-refractivity contribution in [2.24, 2.45) is 0 Å². The fourth-order valence-electron chi connectivity index (χ4n) is 1.22. The van der Waals surface area contributed by atoms with E-state index in [9.17, 15) is 4.79 Å². The summed E-state index contributed by atoms with van der Waals surface area (Å²) in [6.45, 7) is 3.83. The van der Waals surface area contributed by atoms with Gasteiger partial charge in [-0.1, -0.05) is 13.0 Å². The van der Waals surface area contributed by atoms with Gasteiger partial charge in [-0.05, 0) is 25.3 Å². The molecule has 0 amide bonds. The van der Waals surface area contributed by atoms with Gasteiger partial charge in [0.15, 0.2) is 0 Å². The van der Waals surface area contributed by atoms with Crippen molar-refractivity contribution in [2.75, 3.05) is 0 Å². The number of hydrogen-bond donors (Lipinski definition) is 0. The average molecular weight is 154 g/mol. The molecule has 0 saturated heterocycles. The van der Waals surface area contributed by atoms with Crippen LogP contribution in [0.1, 0.15) is 33.1 Å². The molecule has 2 heteroatoms. The summed E-state index contributed by atoms with van der Waals surface area (Å²) >= 11 is 0. The zero-order valence-corrected chi connectivity index (χ0v) is 7.09. The Morgan fingerprint density at radius 2 is 2.55 bits per heavy atom. The molecule has 1 aliphatic rings. The molecule has 2 nitrogen and oxygen atoms in total. The van der Waals surface area contributed by atoms with E-state index in [2.05, 4.69) is 6.08 Å². The maximum absolute atomic E-state index is 10.9. The molecular weight excluding hydrogens is 140 g/mol. The second-order valence-electron chi connectivity index (χ2n) is 2.86. The normalized spacial score (nSPS) is 23.1. The second-order valence-corrected chi connectivity index (χ2v) is 2.86. The molecule has 0 heterocycles. The molecule has 11 heavy (non-hydrogen) atoms. The summed E-state index contributed by atoms with van der Waals surface area (Å²) < 4.78 is 5.17. The van der Waals surface area contributed by atoms with Crippen molar-refractivity contribution in [3.8, 4) is 0 Å². The van der Waals surface area contributed by atoms with E-state index in [4.69, 9.17) is 4.74 Å². The van der Waals surface area contributed by atoms with Gasteiger partial charge >= 0.3 is 5.97 Å². The maximum Gasteiger partial charge on any atom is 0.306 e. The molecule has 0 aromatic rings. The van der Waals surface area contributed by atoms with Crippen LogP contribution in [0.25, 0.3) is 0 Å². The highest BCUT2D eigenvalue weighted by molar-refractivity contribution is 5.69. The maximum atomic E-state index is 10.9. The Hall–Kier alpha value is -0.790. The first-order valence-electron chi connectivity index (χ1n) is 4.10. The number of hydrogen-bond acceptors (Lipinski definition) is 2. The molecule has 0 saturated carbocycles. The Morgan fingerprint density at radius 3 is 3.00 bits per heavy atom. The topological polar surface area (TPSA) is 26.3 Å². The highest BCUT2D eigenvalue weighted by atomic mass is 16.5. The fraction of sp³-hybridized carbons (Fsp3) is 0.667. The Morgan fingerprint density at radius 1 is 1.82 bits per heavy atom. The molecule has 0 aromatic heterocycles. The summed E-state index contributed by atoms with van der Waals surface area (Å²) in [4.78, 5) is 10.9. The van der Waals surface area contributed by atoms with Crippen LogP contribution in [0, 0.1) is 0 Å². The molecule has 0 spiro atoms. The Bertz CT molecular complexity index is 182. The van der Waals surface area contributed by atoms with E-state index in [1.807, 2.05) is 13.8 Å². The third kappa shape index (κ3) is 2.07. The van der Waals surface area contributed by atoms with Crippen molar-refractivity contribution in [3.63, 3.8) is 0 Å². The monoisotopic (exact) mass is 154 g/mol. The van der Waals surface area contributed by atoms with Crippen LogP contribution in [0.4, 0.5) is 0 Å². The molecule has 0 fully saturated rings. The van der Waals surface area contributed by atoms with Gasteiger partial charge in [0, 0.05) is 6.42 Å². The van der Waals surface area contributed by atoms with Crippen LogP contribution in [0.5, 0.6) is 0 Å². The van der Waals surface area contributed by atoms with Crippen molar-refractivity contribution in [1.82, 2.24) is 0 Å². The first-order valence-corrected chi connectivity index (χ1v) is 4.10. The number of allylic oxidation sites excluding steroid dienone is 1. The Kier molecular flexibility index (Phi) is 2.69. The molecule has 1 atom stereocenters. The summed E-state index contributed by atoms with van der Waals surface area (Å²) in [5.41, 5.74) is 1.20. The van der Waals surface area contributed by atoms with Crippen LogP contribution < -0.4 is 0 Å². The average Bonchev–Trinajstić information content (AvgIpc) is 2.37. The van der Waals surface area contributed by atoms with Gasteiger partial charge in [0.1, 0.15) is 6.10 Å². The summed E-state index contributed by atoms with van der Waals surface area (Å²) in [5.74, 6) is -0.0929.